The fraction of sp³-hybridized carbons (Fsp3) is 0.250. The molecule has 0 spiro atoms. The van der Waals surface area contributed by atoms with Crippen LogP contribution in [0.4, 0.5) is 5.82 Å². The Kier molecular flexibility index (Phi) is 2.93. The number of nitrogens with one attached hydrogen (secondary N) is 1. The van der Waals surface area contributed by atoms with Crippen molar-refractivity contribution >= 4 is 11.7 Å². The molecule has 1 fully saturated rings. The van der Waals surface area contributed by atoms with Crippen LogP contribution in [0.2, 0.25) is 0 Å². The number of nitrogen functional groups attached to an aromatic ring is 1. The Morgan fingerprint density at radius 2 is 1.95 bits per heavy atom. The highest BCUT2D eigenvalue weighted by atomic mass is 16.2. The van der Waals surface area contributed by atoms with Crippen molar-refractivity contribution in [1.29, 1.82) is 0 Å². The highest BCUT2D eigenvalue weighted by Crippen LogP contribution is 2.46. The van der Waals surface area contributed by atoms with Gasteiger partial charge in [-0.15, -0.1) is 0 Å². The van der Waals surface area contributed by atoms with E-state index in [1.54, 1.807) is 18.2 Å². The van der Waals surface area contributed by atoms with Crippen molar-refractivity contribution in [2.75, 3.05) is 5.73 Å². The number of aromatic nitrogens is 1. The minimum Gasteiger partial charge on any atom is -0.384 e. The second-order valence-electron chi connectivity index (χ2n) is 5.30. The molecule has 1 heterocycles. The number of carbonyl (C=O) groups excluding carboxylic acids is 1. The van der Waals surface area contributed by atoms with Gasteiger partial charge in [0.25, 0.3) is 5.91 Å². The van der Waals surface area contributed by atoms with Gasteiger partial charge in [0.1, 0.15) is 11.5 Å². The summed E-state index contributed by atoms with van der Waals surface area (Å²) in [5, 5.41) is 3.11. The van der Waals surface area contributed by atoms with Crippen LogP contribution < -0.4 is 11.1 Å². The summed E-state index contributed by atoms with van der Waals surface area (Å²) in [6, 6.07) is 13.3. The Labute approximate surface area is 118 Å². The Morgan fingerprint density at radius 3 is 2.60 bits per heavy atom. The van der Waals surface area contributed by atoms with E-state index in [2.05, 4.69) is 29.4 Å². The normalized spacial score (nSPS) is 15.7. The first-order chi connectivity index (χ1) is 9.61. The molecule has 0 atom stereocenters. The number of aryl methyl sites for hydroxylation is 1. The summed E-state index contributed by atoms with van der Waals surface area (Å²) in [6.07, 6.45) is 1.93. The number of anilines is 1. The highest BCUT2D eigenvalue weighted by Gasteiger charge is 2.46. The summed E-state index contributed by atoms with van der Waals surface area (Å²) in [6.45, 7) is 2.07. The summed E-state index contributed by atoms with van der Waals surface area (Å²) < 4.78 is 0. The molecule has 4 heteroatoms. The van der Waals surface area contributed by atoms with Gasteiger partial charge in [0.05, 0.1) is 5.54 Å². The summed E-state index contributed by atoms with van der Waals surface area (Å²) in [5.41, 5.74) is 8.15. The summed E-state index contributed by atoms with van der Waals surface area (Å²) in [4.78, 5) is 16.4. The molecule has 3 rings (SSSR count). The Hall–Kier alpha value is -2.36. The number of nitrogens with zero attached hydrogens (tertiary/aromatic N) is 1. The number of hydrogen-bond acceptors (Lipinski definition) is 3. The topological polar surface area (TPSA) is 68.0 Å². The van der Waals surface area contributed by atoms with E-state index in [1.165, 1.54) is 11.1 Å². The SMILES string of the molecule is Cc1ccccc1C1(NC(=O)c2cccc(N)n2)CC1. The van der Waals surface area contributed by atoms with Crippen molar-refractivity contribution in [2.24, 2.45) is 0 Å². The van der Waals surface area contributed by atoms with Crippen LogP contribution >= 0.6 is 0 Å². The van der Waals surface area contributed by atoms with Gasteiger partial charge < -0.3 is 11.1 Å². The predicted molar refractivity (Wildman–Crippen MR) is 78.2 cm³/mol. The lowest BCUT2D eigenvalue weighted by Crippen LogP contribution is -2.35. The standard InChI is InChI=1S/C16H17N3O/c1-11-5-2-3-6-12(11)16(9-10-16)19-15(20)13-7-4-8-14(17)18-13/h2-8H,9-10H2,1H3,(H2,17,18)(H,19,20). The number of benzene rings is 1. The Balaban J connectivity index is 1.84. The smallest absolute Gasteiger partial charge is 0.270 e. The number of amides is 1. The zero-order valence-electron chi connectivity index (χ0n) is 11.4. The molecule has 1 amide bonds. The van der Waals surface area contributed by atoms with Gasteiger partial charge in [-0.3, -0.25) is 4.79 Å². The lowest BCUT2D eigenvalue weighted by molar-refractivity contribution is 0.0926. The van der Waals surface area contributed by atoms with Gasteiger partial charge in [0, 0.05) is 0 Å². The molecule has 0 bridgehead atoms. The van der Waals surface area contributed by atoms with Crippen LogP contribution in [0.3, 0.4) is 0 Å². The highest BCUT2D eigenvalue weighted by molar-refractivity contribution is 5.93. The molecule has 1 aliphatic carbocycles. The number of nitrogens with two attached hydrogens (primary N) is 1. The van der Waals surface area contributed by atoms with E-state index in [0.717, 1.165) is 12.8 Å². The van der Waals surface area contributed by atoms with Crippen LogP contribution in [0.15, 0.2) is 42.5 Å². The number of carbonyl (C=O) groups is 1. The molecular weight excluding hydrogens is 250 g/mol. The lowest BCUT2D eigenvalue weighted by atomic mass is 9.99. The van der Waals surface area contributed by atoms with Crippen LogP contribution in [0, 0.1) is 6.92 Å². The number of rotatable bonds is 3. The largest absolute Gasteiger partial charge is 0.384 e. The molecular formula is C16H17N3O. The Bertz CT molecular complexity index is 662. The first-order valence-corrected chi connectivity index (χ1v) is 6.72. The summed E-state index contributed by atoms with van der Waals surface area (Å²) in [5.74, 6) is 0.191. The molecule has 1 aromatic carbocycles. The summed E-state index contributed by atoms with van der Waals surface area (Å²) >= 11 is 0. The predicted octanol–water partition coefficient (Wildman–Crippen LogP) is 2.39. The molecule has 3 N–H and O–H groups in total. The van der Waals surface area contributed by atoms with E-state index < -0.39 is 0 Å². The van der Waals surface area contributed by atoms with Crippen molar-refractivity contribution in [3.63, 3.8) is 0 Å². The van der Waals surface area contributed by atoms with E-state index >= 15 is 0 Å². The van der Waals surface area contributed by atoms with Crippen molar-refractivity contribution < 1.29 is 4.79 Å². The second kappa shape index (κ2) is 4.63. The van der Waals surface area contributed by atoms with Crippen LogP contribution in [0.5, 0.6) is 0 Å². The van der Waals surface area contributed by atoms with E-state index in [4.69, 9.17) is 5.73 Å². The molecule has 0 unspecified atom stereocenters. The molecule has 0 radical (unpaired) electrons. The molecule has 1 aromatic heterocycles. The monoisotopic (exact) mass is 267 g/mol. The molecule has 1 aliphatic rings. The lowest BCUT2D eigenvalue weighted by Gasteiger charge is -2.20. The van der Waals surface area contributed by atoms with Crippen LogP contribution in [0.1, 0.15) is 34.5 Å². The minimum absolute atomic E-state index is 0.168. The zero-order valence-corrected chi connectivity index (χ0v) is 11.4. The maximum absolute atomic E-state index is 12.3. The molecule has 1 saturated carbocycles. The molecule has 2 aromatic rings. The third kappa shape index (κ3) is 2.25. The van der Waals surface area contributed by atoms with Gasteiger partial charge in [-0.05, 0) is 43.0 Å². The van der Waals surface area contributed by atoms with Gasteiger partial charge in [-0.25, -0.2) is 4.98 Å². The van der Waals surface area contributed by atoms with Crippen molar-refractivity contribution in [2.45, 2.75) is 25.3 Å². The fourth-order valence-corrected chi connectivity index (χ4v) is 2.56. The third-order valence-electron chi connectivity index (χ3n) is 3.77. The van der Waals surface area contributed by atoms with Crippen LogP contribution in [-0.4, -0.2) is 10.9 Å². The van der Waals surface area contributed by atoms with Gasteiger partial charge >= 0.3 is 0 Å². The van der Waals surface area contributed by atoms with E-state index in [-0.39, 0.29) is 11.4 Å². The average molecular weight is 267 g/mol. The van der Waals surface area contributed by atoms with Crippen molar-refractivity contribution in [3.05, 3.63) is 59.3 Å². The molecule has 0 saturated heterocycles. The maximum Gasteiger partial charge on any atom is 0.270 e. The van der Waals surface area contributed by atoms with Gasteiger partial charge in [0.15, 0.2) is 0 Å². The fourth-order valence-electron chi connectivity index (χ4n) is 2.56. The van der Waals surface area contributed by atoms with E-state index in [1.807, 2.05) is 12.1 Å². The van der Waals surface area contributed by atoms with Crippen molar-refractivity contribution in [3.8, 4) is 0 Å². The first-order valence-electron chi connectivity index (χ1n) is 6.72. The Morgan fingerprint density at radius 1 is 1.20 bits per heavy atom. The van der Waals surface area contributed by atoms with Crippen molar-refractivity contribution in [1.82, 2.24) is 10.3 Å². The zero-order chi connectivity index (χ0) is 14.2. The molecule has 4 nitrogen and oxygen atoms in total. The third-order valence-corrected chi connectivity index (χ3v) is 3.77. The van der Waals surface area contributed by atoms with Gasteiger partial charge in [-0.1, -0.05) is 30.3 Å². The van der Waals surface area contributed by atoms with Crippen LogP contribution in [0.25, 0.3) is 0 Å². The number of pyridine rings is 1. The maximum atomic E-state index is 12.3. The average Bonchev–Trinajstić information content (AvgIpc) is 3.20. The molecule has 0 aliphatic heterocycles. The molecule has 20 heavy (non-hydrogen) atoms. The first kappa shape index (κ1) is 12.7. The molecule has 102 valence electrons. The van der Waals surface area contributed by atoms with Gasteiger partial charge in [0.2, 0.25) is 0 Å². The quantitative estimate of drug-likeness (QED) is 0.897. The van der Waals surface area contributed by atoms with E-state index in [9.17, 15) is 4.79 Å². The number of hydrogen-bond donors (Lipinski definition) is 2. The second-order valence-corrected chi connectivity index (χ2v) is 5.30. The van der Waals surface area contributed by atoms with Crippen LogP contribution in [-0.2, 0) is 5.54 Å². The van der Waals surface area contributed by atoms with E-state index in [0.29, 0.717) is 11.5 Å². The minimum atomic E-state index is -0.227. The summed E-state index contributed by atoms with van der Waals surface area (Å²) in [7, 11) is 0. The van der Waals surface area contributed by atoms with Gasteiger partial charge in [-0.2, -0.15) is 0 Å².